The monoisotopic (exact) mass is 358 g/mol. The van der Waals surface area contributed by atoms with Gasteiger partial charge >= 0.3 is 0 Å². The average molecular weight is 360 g/mol. The second kappa shape index (κ2) is 6.95. The van der Waals surface area contributed by atoms with Crippen LogP contribution in [-0.4, -0.2) is 7.11 Å². The predicted octanol–water partition coefficient (Wildman–Crippen LogP) is 4.91. The molecule has 20 heavy (non-hydrogen) atoms. The summed E-state index contributed by atoms with van der Waals surface area (Å²) in [5.41, 5.74) is 1.56. The van der Waals surface area contributed by atoms with E-state index in [2.05, 4.69) is 15.9 Å². The van der Waals surface area contributed by atoms with Crippen molar-refractivity contribution in [1.82, 2.24) is 0 Å². The molecular weight excluding hydrogens is 347 g/mol. The molecule has 2 nitrogen and oxygen atoms in total. The third-order valence-corrected chi connectivity index (χ3v) is 3.48. The second-order valence-corrected chi connectivity index (χ2v) is 5.33. The minimum atomic E-state index is -0.310. The maximum atomic E-state index is 13.3. The highest BCUT2D eigenvalue weighted by atomic mass is 79.9. The molecule has 0 bridgehead atoms. The summed E-state index contributed by atoms with van der Waals surface area (Å²) in [6.45, 7) is 0.237. The van der Waals surface area contributed by atoms with E-state index in [0.29, 0.717) is 21.9 Å². The molecule has 0 unspecified atom stereocenters. The van der Waals surface area contributed by atoms with Crippen molar-refractivity contribution in [1.29, 1.82) is 0 Å². The van der Waals surface area contributed by atoms with Crippen LogP contribution in [0.4, 0.5) is 4.39 Å². The summed E-state index contributed by atoms with van der Waals surface area (Å²) in [7, 11) is 1.57. The maximum absolute atomic E-state index is 13.3. The molecule has 0 aliphatic rings. The Morgan fingerprint density at radius 1 is 1.25 bits per heavy atom. The van der Waals surface area contributed by atoms with Crippen LogP contribution in [0.5, 0.6) is 11.5 Å². The fourth-order valence-electron chi connectivity index (χ4n) is 1.84. The SMILES string of the molecule is COc1cccc(CCl)c1OCc1cc(F)cc(Br)c1. The number of para-hydroxylation sites is 1. The van der Waals surface area contributed by atoms with E-state index in [1.165, 1.54) is 12.1 Å². The number of methoxy groups -OCH3 is 1. The van der Waals surface area contributed by atoms with Gasteiger partial charge in [0.1, 0.15) is 12.4 Å². The molecule has 2 rings (SSSR count). The number of alkyl halides is 1. The van der Waals surface area contributed by atoms with Crippen molar-refractivity contribution in [2.24, 2.45) is 0 Å². The summed E-state index contributed by atoms with van der Waals surface area (Å²) >= 11 is 9.14. The zero-order chi connectivity index (χ0) is 14.5. The van der Waals surface area contributed by atoms with Crippen molar-refractivity contribution in [3.05, 3.63) is 57.8 Å². The second-order valence-electron chi connectivity index (χ2n) is 4.15. The maximum Gasteiger partial charge on any atom is 0.166 e. The smallest absolute Gasteiger partial charge is 0.166 e. The van der Waals surface area contributed by atoms with Crippen molar-refractivity contribution in [3.63, 3.8) is 0 Å². The van der Waals surface area contributed by atoms with E-state index in [1.54, 1.807) is 19.2 Å². The number of halogens is 3. The van der Waals surface area contributed by atoms with Crippen LogP contribution in [0.1, 0.15) is 11.1 Å². The first kappa shape index (κ1) is 15.1. The summed E-state index contributed by atoms with van der Waals surface area (Å²) in [5.74, 6) is 1.21. The van der Waals surface area contributed by atoms with Crippen LogP contribution in [0.3, 0.4) is 0 Å². The largest absolute Gasteiger partial charge is 0.493 e. The minimum absolute atomic E-state index is 0.237. The summed E-state index contributed by atoms with van der Waals surface area (Å²) in [6.07, 6.45) is 0. The molecule has 5 heteroatoms. The van der Waals surface area contributed by atoms with Crippen LogP contribution >= 0.6 is 27.5 Å². The molecule has 0 radical (unpaired) electrons. The Kier molecular flexibility index (Phi) is 5.26. The van der Waals surface area contributed by atoms with Crippen LogP contribution < -0.4 is 9.47 Å². The van der Waals surface area contributed by atoms with Crippen molar-refractivity contribution in [2.45, 2.75) is 12.5 Å². The summed E-state index contributed by atoms with van der Waals surface area (Å²) in [6, 6.07) is 10.2. The van der Waals surface area contributed by atoms with E-state index >= 15 is 0 Å². The molecule has 0 aliphatic heterocycles. The van der Waals surface area contributed by atoms with E-state index in [0.717, 1.165) is 11.1 Å². The van der Waals surface area contributed by atoms with Gasteiger partial charge in [-0.05, 0) is 29.8 Å². The van der Waals surface area contributed by atoms with Gasteiger partial charge in [0.15, 0.2) is 11.5 Å². The first-order chi connectivity index (χ1) is 9.63. The van der Waals surface area contributed by atoms with Crippen LogP contribution in [0.25, 0.3) is 0 Å². The van der Waals surface area contributed by atoms with Gasteiger partial charge in [-0.3, -0.25) is 0 Å². The van der Waals surface area contributed by atoms with Gasteiger partial charge in [0.2, 0.25) is 0 Å². The lowest BCUT2D eigenvalue weighted by molar-refractivity contribution is 0.281. The Bertz CT molecular complexity index is 562. The molecular formula is C15H13BrClFO2. The zero-order valence-electron chi connectivity index (χ0n) is 10.8. The van der Waals surface area contributed by atoms with E-state index in [-0.39, 0.29) is 12.4 Å². The standard InChI is InChI=1S/C15H13BrClFO2/c1-19-14-4-2-3-11(8-17)15(14)20-9-10-5-12(16)7-13(18)6-10/h2-7H,8-9H2,1H3. The molecule has 0 amide bonds. The lowest BCUT2D eigenvalue weighted by Gasteiger charge is -2.14. The summed E-state index contributed by atoms with van der Waals surface area (Å²) in [4.78, 5) is 0. The van der Waals surface area contributed by atoms with Crippen LogP contribution in [0.15, 0.2) is 40.9 Å². The molecule has 0 N–H and O–H groups in total. The molecule has 0 saturated carbocycles. The molecule has 0 saturated heterocycles. The quantitative estimate of drug-likeness (QED) is 0.706. The first-order valence-corrected chi connectivity index (χ1v) is 7.26. The van der Waals surface area contributed by atoms with Crippen LogP contribution in [0.2, 0.25) is 0 Å². The van der Waals surface area contributed by atoms with Gasteiger partial charge in [0, 0.05) is 10.0 Å². The van der Waals surface area contributed by atoms with Crippen LogP contribution in [-0.2, 0) is 12.5 Å². The minimum Gasteiger partial charge on any atom is -0.493 e. The zero-order valence-corrected chi connectivity index (χ0v) is 13.2. The van der Waals surface area contributed by atoms with Gasteiger partial charge in [-0.25, -0.2) is 4.39 Å². The fourth-order valence-corrected chi connectivity index (χ4v) is 2.56. The van der Waals surface area contributed by atoms with Crippen molar-refractivity contribution in [2.75, 3.05) is 7.11 Å². The molecule has 2 aromatic carbocycles. The third kappa shape index (κ3) is 3.64. The predicted molar refractivity (Wildman–Crippen MR) is 81.0 cm³/mol. The van der Waals surface area contributed by atoms with Gasteiger partial charge in [-0.15, -0.1) is 11.6 Å². The van der Waals surface area contributed by atoms with Gasteiger partial charge < -0.3 is 9.47 Å². The molecule has 106 valence electrons. The number of rotatable bonds is 5. The molecule has 0 heterocycles. The highest BCUT2D eigenvalue weighted by Crippen LogP contribution is 2.32. The Balaban J connectivity index is 2.22. The number of ether oxygens (including phenoxy) is 2. The van der Waals surface area contributed by atoms with Gasteiger partial charge in [-0.2, -0.15) is 0 Å². The Labute approximate surface area is 130 Å². The van der Waals surface area contributed by atoms with Gasteiger partial charge in [0.05, 0.1) is 13.0 Å². The number of hydrogen-bond acceptors (Lipinski definition) is 2. The molecule has 0 spiro atoms. The molecule has 0 aliphatic carbocycles. The van der Waals surface area contributed by atoms with Crippen molar-refractivity contribution >= 4 is 27.5 Å². The summed E-state index contributed by atoms with van der Waals surface area (Å²) in [5, 5.41) is 0. The fraction of sp³-hybridized carbons (Fsp3) is 0.200. The van der Waals surface area contributed by atoms with E-state index in [4.69, 9.17) is 21.1 Å². The lowest BCUT2D eigenvalue weighted by Crippen LogP contribution is -2.01. The highest BCUT2D eigenvalue weighted by Gasteiger charge is 2.10. The molecule has 0 atom stereocenters. The topological polar surface area (TPSA) is 18.5 Å². The van der Waals surface area contributed by atoms with Gasteiger partial charge in [0.25, 0.3) is 0 Å². The molecule has 0 aromatic heterocycles. The number of hydrogen-bond donors (Lipinski definition) is 0. The van der Waals surface area contributed by atoms with Gasteiger partial charge in [-0.1, -0.05) is 28.1 Å². The Morgan fingerprint density at radius 2 is 2.05 bits per heavy atom. The van der Waals surface area contributed by atoms with E-state index in [1.807, 2.05) is 12.1 Å². The molecule has 0 fully saturated rings. The average Bonchev–Trinajstić information content (AvgIpc) is 2.43. The van der Waals surface area contributed by atoms with Crippen molar-refractivity contribution < 1.29 is 13.9 Å². The first-order valence-electron chi connectivity index (χ1n) is 5.93. The van der Waals surface area contributed by atoms with Crippen molar-refractivity contribution in [3.8, 4) is 11.5 Å². The normalized spacial score (nSPS) is 10.4. The summed E-state index contributed by atoms with van der Waals surface area (Å²) < 4.78 is 25.0. The lowest BCUT2D eigenvalue weighted by atomic mass is 10.2. The van der Waals surface area contributed by atoms with E-state index in [9.17, 15) is 4.39 Å². The number of benzene rings is 2. The Hall–Kier alpha value is -1.26. The van der Waals surface area contributed by atoms with E-state index < -0.39 is 0 Å². The highest BCUT2D eigenvalue weighted by molar-refractivity contribution is 9.10. The molecule has 2 aromatic rings. The Morgan fingerprint density at radius 3 is 2.70 bits per heavy atom. The third-order valence-electron chi connectivity index (χ3n) is 2.73. The van der Waals surface area contributed by atoms with Crippen LogP contribution in [0, 0.1) is 5.82 Å².